The number of anilines is 1. The van der Waals surface area contributed by atoms with E-state index < -0.39 is 11.4 Å². The molecule has 30 heavy (non-hydrogen) atoms. The standard InChI is InChI=1S/C26H23NO3/c1-30-24(28)16-17-26(18-20-10-4-2-5-11-20)22-14-8-9-15-23(22)27(25(26)29)19-21-12-6-3-7-13-21/h2-17H,18-19H2,1H3/b17-16+. The molecule has 0 fully saturated rings. The molecular formula is C26H23NO3. The maximum atomic E-state index is 13.9. The van der Waals surface area contributed by atoms with Crippen molar-refractivity contribution in [2.75, 3.05) is 12.0 Å². The van der Waals surface area contributed by atoms with Gasteiger partial charge in [-0.05, 0) is 29.2 Å². The Morgan fingerprint density at radius 3 is 2.17 bits per heavy atom. The van der Waals surface area contributed by atoms with Gasteiger partial charge >= 0.3 is 5.97 Å². The maximum Gasteiger partial charge on any atom is 0.330 e. The largest absolute Gasteiger partial charge is 0.466 e. The Kier molecular flexibility index (Phi) is 5.48. The number of amides is 1. The van der Waals surface area contributed by atoms with E-state index in [1.165, 1.54) is 13.2 Å². The lowest BCUT2D eigenvalue weighted by Gasteiger charge is -2.26. The SMILES string of the molecule is COC(=O)/C=C/C1(Cc2ccccc2)C(=O)N(Cc2ccccc2)c2ccccc21. The number of rotatable bonds is 6. The topological polar surface area (TPSA) is 46.6 Å². The van der Waals surface area contributed by atoms with Crippen molar-refractivity contribution in [3.05, 3.63) is 114 Å². The van der Waals surface area contributed by atoms with Gasteiger partial charge in [-0.1, -0.05) is 84.9 Å². The van der Waals surface area contributed by atoms with Crippen LogP contribution in [0.25, 0.3) is 0 Å². The molecule has 0 saturated carbocycles. The van der Waals surface area contributed by atoms with Crippen LogP contribution in [0.1, 0.15) is 16.7 Å². The van der Waals surface area contributed by atoms with E-state index in [9.17, 15) is 9.59 Å². The van der Waals surface area contributed by atoms with Crippen molar-refractivity contribution in [1.29, 1.82) is 0 Å². The second kappa shape index (κ2) is 8.37. The number of hydrogen-bond acceptors (Lipinski definition) is 3. The van der Waals surface area contributed by atoms with Crippen LogP contribution in [0.4, 0.5) is 5.69 Å². The van der Waals surface area contributed by atoms with Crippen molar-refractivity contribution in [3.8, 4) is 0 Å². The highest BCUT2D eigenvalue weighted by Gasteiger charge is 2.49. The summed E-state index contributed by atoms with van der Waals surface area (Å²) < 4.78 is 4.80. The van der Waals surface area contributed by atoms with Crippen LogP contribution < -0.4 is 4.90 Å². The molecule has 3 aromatic rings. The third-order valence-electron chi connectivity index (χ3n) is 5.52. The predicted octanol–water partition coefficient (Wildman–Crippen LogP) is 4.44. The highest BCUT2D eigenvalue weighted by molar-refractivity contribution is 6.10. The number of fused-ring (bicyclic) bond motifs is 1. The van der Waals surface area contributed by atoms with Crippen LogP contribution in [0.15, 0.2) is 97.1 Å². The lowest BCUT2D eigenvalue weighted by Crippen LogP contribution is -2.40. The molecule has 0 aromatic heterocycles. The van der Waals surface area contributed by atoms with E-state index in [1.54, 1.807) is 6.08 Å². The summed E-state index contributed by atoms with van der Waals surface area (Å²) in [6, 6.07) is 27.6. The van der Waals surface area contributed by atoms with Crippen LogP contribution in [0.2, 0.25) is 0 Å². The molecule has 1 heterocycles. The summed E-state index contributed by atoms with van der Waals surface area (Å²) in [6.45, 7) is 0.472. The number of para-hydroxylation sites is 1. The highest BCUT2D eigenvalue weighted by atomic mass is 16.5. The average Bonchev–Trinajstić information content (AvgIpc) is 3.02. The minimum Gasteiger partial charge on any atom is -0.466 e. The van der Waals surface area contributed by atoms with Crippen LogP contribution in [0.3, 0.4) is 0 Å². The zero-order valence-electron chi connectivity index (χ0n) is 16.8. The molecule has 4 heteroatoms. The molecule has 1 amide bonds. The van der Waals surface area contributed by atoms with Crippen molar-refractivity contribution in [2.45, 2.75) is 18.4 Å². The van der Waals surface area contributed by atoms with Gasteiger partial charge in [0.05, 0.1) is 19.1 Å². The first-order valence-corrected chi connectivity index (χ1v) is 9.90. The summed E-state index contributed by atoms with van der Waals surface area (Å²) in [6.07, 6.45) is 3.53. The third-order valence-corrected chi connectivity index (χ3v) is 5.52. The number of ether oxygens (including phenoxy) is 1. The molecule has 0 spiro atoms. The summed E-state index contributed by atoms with van der Waals surface area (Å²) in [5.74, 6) is -0.522. The van der Waals surface area contributed by atoms with E-state index in [0.29, 0.717) is 13.0 Å². The van der Waals surface area contributed by atoms with Crippen molar-refractivity contribution >= 4 is 17.6 Å². The van der Waals surface area contributed by atoms with E-state index in [4.69, 9.17) is 4.74 Å². The molecule has 0 aliphatic carbocycles. The van der Waals surface area contributed by atoms with Gasteiger partial charge in [0.2, 0.25) is 5.91 Å². The van der Waals surface area contributed by atoms with Gasteiger partial charge in [0.15, 0.2) is 0 Å². The number of esters is 1. The zero-order chi connectivity index (χ0) is 21.0. The van der Waals surface area contributed by atoms with Crippen LogP contribution >= 0.6 is 0 Å². The smallest absolute Gasteiger partial charge is 0.330 e. The molecule has 4 nitrogen and oxygen atoms in total. The van der Waals surface area contributed by atoms with Crippen LogP contribution in [0, 0.1) is 0 Å². The number of methoxy groups -OCH3 is 1. The quantitative estimate of drug-likeness (QED) is 0.456. The minimum absolute atomic E-state index is 0.0449. The van der Waals surface area contributed by atoms with Crippen LogP contribution in [0.5, 0.6) is 0 Å². The summed E-state index contributed by atoms with van der Waals surface area (Å²) >= 11 is 0. The van der Waals surface area contributed by atoms with Gasteiger partial charge in [0, 0.05) is 11.8 Å². The van der Waals surface area contributed by atoms with Gasteiger partial charge in [-0.25, -0.2) is 4.79 Å². The maximum absolute atomic E-state index is 13.9. The Bertz CT molecular complexity index is 1080. The number of carbonyl (C=O) groups is 2. The average molecular weight is 397 g/mol. The van der Waals surface area contributed by atoms with E-state index in [-0.39, 0.29) is 5.91 Å². The molecule has 0 N–H and O–H groups in total. The fourth-order valence-electron chi connectivity index (χ4n) is 4.06. The Balaban J connectivity index is 1.82. The molecule has 1 aliphatic rings. The van der Waals surface area contributed by atoms with E-state index >= 15 is 0 Å². The monoisotopic (exact) mass is 397 g/mol. The second-order valence-corrected chi connectivity index (χ2v) is 7.38. The van der Waals surface area contributed by atoms with Crippen LogP contribution in [-0.2, 0) is 32.7 Å². The fraction of sp³-hybridized carbons (Fsp3) is 0.154. The molecule has 1 unspecified atom stereocenters. The Morgan fingerprint density at radius 1 is 0.900 bits per heavy atom. The predicted molar refractivity (Wildman–Crippen MR) is 117 cm³/mol. The normalized spacial score (nSPS) is 17.9. The molecule has 150 valence electrons. The summed E-state index contributed by atoms with van der Waals surface area (Å²) in [5, 5.41) is 0. The lowest BCUT2D eigenvalue weighted by atomic mass is 9.76. The summed E-state index contributed by atoms with van der Waals surface area (Å²) in [4.78, 5) is 27.7. The fourth-order valence-corrected chi connectivity index (χ4v) is 4.06. The van der Waals surface area contributed by atoms with Gasteiger partial charge in [0.25, 0.3) is 0 Å². The number of benzene rings is 3. The van der Waals surface area contributed by atoms with Crippen molar-refractivity contribution in [2.24, 2.45) is 0 Å². The zero-order valence-corrected chi connectivity index (χ0v) is 16.8. The third kappa shape index (κ3) is 3.64. The van der Waals surface area contributed by atoms with Gasteiger partial charge in [-0.15, -0.1) is 0 Å². The first kappa shape index (κ1) is 19.6. The Morgan fingerprint density at radius 2 is 1.50 bits per heavy atom. The van der Waals surface area contributed by atoms with Gasteiger partial charge in [-0.3, -0.25) is 4.79 Å². The Labute approximate surface area is 176 Å². The lowest BCUT2D eigenvalue weighted by molar-refractivity contribution is -0.134. The molecule has 0 saturated heterocycles. The molecule has 0 radical (unpaired) electrons. The molecule has 3 aromatic carbocycles. The molecular weight excluding hydrogens is 374 g/mol. The van der Waals surface area contributed by atoms with Crippen molar-refractivity contribution in [1.82, 2.24) is 0 Å². The van der Waals surface area contributed by atoms with Gasteiger partial charge in [-0.2, -0.15) is 0 Å². The molecule has 1 aliphatic heterocycles. The van der Waals surface area contributed by atoms with Gasteiger partial charge < -0.3 is 9.64 Å². The first-order chi connectivity index (χ1) is 14.6. The summed E-state index contributed by atoms with van der Waals surface area (Å²) in [7, 11) is 1.34. The molecule has 4 rings (SSSR count). The Hall–Kier alpha value is -3.66. The first-order valence-electron chi connectivity index (χ1n) is 9.90. The highest BCUT2D eigenvalue weighted by Crippen LogP contribution is 2.45. The van der Waals surface area contributed by atoms with Crippen molar-refractivity contribution in [3.63, 3.8) is 0 Å². The second-order valence-electron chi connectivity index (χ2n) is 7.38. The van der Waals surface area contributed by atoms with E-state index in [1.807, 2.05) is 89.8 Å². The number of hydrogen-bond donors (Lipinski definition) is 0. The molecule has 1 atom stereocenters. The number of carbonyl (C=O) groups excluding carboxylic acids is 2. The van der Waals surface area contributed by atoms with Gasteiger partial charge in [0.1, 0.15) is 0 Å². The van der Waals surface area contributed by atoms with E-state index in [0.717, 1.165) is 22.4 Å². The van der Waals surface area contributed by atoms with E-state index in [2.05, 4.69) is 0 Å². The van der Waals surface area contributed by atoms with Crippen molar-refractivity contribution < 1.29 is 14.3 Å². The minimum atomic E-state index is -0.971. The number of nitrogens with zero attached hydrogens (tertiary/aromatic N) is 1. The summed E-state index contributed by atoms with van der Waals surface area (Å²) in [5.41, 5.74) is 2.87. The molecule has 0 bridgehead atoms. The van der Waals surface area contributed by atoms with Crippen LogP contribution in [-0.4, -0.2) is 19.0 Å².